The van der Waals surface area contributed by atoms with Crippen molar-refractivity contribution in [1.82, 2.24) is 15.3 Å². The number of aromatic amines is 1. The highest BCUT2D eigenvalue weighted by molar-refractivity contribution is 7.80. The monoisotopic (exact) mass is 240 g/mol. The summed E-state index contributed by atoms with van der Waals surface area (Å²) in [7, 11) is 0. The van der Waals surface area contributed by atoms with Crippen molar-refractivity contribution in [2.24, 2.45) is 17.6 Å². The molecule has 0 aromatic carbocycles. The number of thiocarbonyl (C=S) groups is 1. The standard InChI is InChI=1S/C10H16N4OS/c1-6(2)8(9(11)16)10(15)13-4-7-3-12-5-14-7/h3,5-6,8H,4H2,1-2H3,(H2,11,16)(H,12,14)(H,13,15). The van der Waals surface area contributed by atoms with Crippen molar-refractivity contribution in [3.8, 4) is 0 Å². The number of aromatic nitrogens is 2. The zero-order valence-electron chi connectivity index (χ0n) is 9.36. The lowest BCUT2D eigenvalue weighted by molar-refractivity contribution is -0.124. The van der Waals surface area contributed by atoms with E-state index in [-0.39, 0.29) is 16.8 Å². The highest BCUT2D eigenvalue weighted by Gasteiger charge is 2.24. The van der Waals surface area contributed by atoms with Gasteiger partial charge < -0.3 is 16.0 Å². The van der Waals surface area contributed by atoms with Gasteiger partial charge in [-0.25, -0.2) is 4.98 Å². The molecule has 1 unspecified atom stereocenters. The van der Waals surface area contributed by atoms with Crippen LogP contribution in [-0.4, -0.2) is 20.9 Å². The lowest BCUT2D eigenvalue weighted by Gasteiger charge is -2.18. The minimum Gasteiger partial charge on any atom is -0.393 e. The van der Waals surface area contributed by atoms with Gasteiger partial charge in [0.2, 0.25) is 5.91 Å². The average molecular weight is 240 g/mol. The summed E-state index contributed by atoms with van der Waals surface area (Å²) in [5, 5.41) is 2.77. The third-order valence-electron chi connectivity index (χ3n) is 2.26. The van der Waals surface area contributed by atoms with E-state index in [1.165, 1.54) is 0 Å². The number of hydrogen-bond acceptors (Lipinski definition) is 3. The topological polar surface area (TPSA) is 83.8 Å². The normalized spacial score (nSPS) is 12.4. The van der Waals surface area contributed by atoms with Crippen LogP contribution < -0.4 is 11.1 Å². The summed E-state index contributed by atoms with van der Waals surface area (Å²) in [5.41, 5.74) is 6.38. The van der Waals surface area contributed by atoms with E-state index in [1.807, 2.05) is 13.8 Å². The van der Waals surface area contributed by atoms with Gasteiger partial charge in [0, 0.05) is 6.20 Å². The number of carbonyl (C=O) groups excluding carboxylic acids is 1. The summed E-state index contributed by atoms with van der Waals surface area (Å²) in [4.78, 5) is 18.8. The molecule has 0 bridgehead atoms. The first-order valence-electron chi connectivity index (χ1n) is 5.06. The van der Waals surface area contributed by atoms with Crippen LogP contribution in [0.5, 0.6) is 0 Å². The molecule has 1 amide bonds. The molecule has 0 fully saturated rings. The van der Waals surface area contributed by atoms with E-state index in [0.717, 1.165) is 5.69 Å². The number of amides is 1. The molecule has 6 heteroatoms. The van der Waals surface area contributed by atoms with Gasteiger partial charge in [0.25, 0.3) is 0 Å². The molecule has 4 N–H and O–H groups in total. The molecule has 16 heavy (non-hydrogen) atoms. The van der Waals surface area contributed by atoms with E-state index in [0.29, 0.717) is 6.54 Å². The Morgan fingerprint density at radius 3 is 2.81 bits per heavy atom. The van der Waals surface area contributed by atoms with Crippen molar-refractivity contribution >= 4 is 23.1 Å². The Kier molecular flexibility index (Phi) is 4.42. The number of nitrogens with two attached hydrogens (primary N) is 1. The molecular weight excluding hydrogens is 224 g/mol. The molecule has 0 aliphatic rings. The number of nitrogens with zero attached hydrogens (tertiary/aromatic N) is 1. The van der Waals surface area contributed by atoms with Crippen LogP contribution in [0.1, 0.15) is 19.5 Å². The molecule has 0 aliphatic heterocycles. The van der Waals surface area contributed by atoms with E-state index in [1.54, 1.807) is 12.5 Å². The third-order valence-corrected chi connectivity index (χ3v) is 2.52. The first-order chi connectivity index (χ1) is 7.52. The largest absolute Gasteiger partial charge is 0.393 e. The summed E-state index contributed by atoms with van der Waals surface area (Å²) in [6.07, 6.45) is 3.22. The lowest BCUT2D eigenvalue weighted by atomic mass is 9.95. The predicted octanol–water partition coefficient (Wildman–Crippen LogP) is 0.584. The molecule has 0 saturated carbocycles. The zero-order chi connectivity index (χ0) is 12.1. The summed E-state index contributed by atoms with van der Waals surface area (Å²) in [6, 6.07) is 0. The Balaban J connectivity index is 2.53. The summed E-state index contributed by atoms with van der Waals surface area (Å²) >= 11 is 4.88. The minimum atomic E-state index is -0.419. The second-order valence-electron chi connectivity index (χ2n) is 3.92. The Morgan fingerprint density at radius 1 is 1.69 bits per heavy atom. The molecule has 88 valence electrons. The van der Waals surface area contributed by atoms with Crippen LogP contribution in [0, 0.1) is 11.8 Å². The minimum absolute atomic E-state index is 0.0965. The fourth-order valence-corrected chi connectivity index (χ4v) is 1.81. The first-order valence-corrected chi connectivity index (χ1v) is 5.47. The Morgan fingerprint density at radius 2 is 2.38 bits per heavy atom. The second kappa shape index (κ2) is 5.60. The molecule has 1 atom stereocenters. The van der Waals surface area contributed by atoms with Gasteiger partial charge >= 0.3 is 0 Å². The molecule has 0 aliphatic carbocycles. The van der Waals surface area contributed by atoms with Gasteiger partial charge in [0.05, 0.1) is 29.5 Å². The van der Waals surface area contributed by atoms with Crippen molar-refractivity contribution in [3.05, 3.63) is 18.2 Å². The maximum Gasteiger partial charge on any atom is 0.230 e. The Bertz CT molecular complexity index is 361. The average Bonchev–Trinajstić information content (AvgIpc) is 2.65. The molecular formula is C10H16N4OS. The number of H-pyrrole nitrogens is 1. The van der Waals surface area contributed by atoms with Crippen molar-refractivity contribution in [2.45, 2.75) is 20.4 Å². The predicted molar refractivity (Wildman–Crippen MR) is 65.5 cm³/mol. The summed E-state index contributed by atoms with van der Waals surface area (Å²) in [6.45, 7) is 4.24. The summed E-state index contributed by atoms with van der Waals surface area (Å²) < 4.78 is 0. The molecule has 0 spiro atoms. The van der Waals surface area contributed by atoms with E-state index in [4.69, 9.17) is 18.0 Å². The van der Waals surface area contributed by atoms with Gasteiger partial charge in [-0.15, -0.1) is 0 Å². The molecule has 1 heterocycles. The summed E-state index contributed by atoms with van der Waals surface area (Å²) in [5.74, 6) is -0.464. The van der Waals surface area contributed by atoms with Crippen molar-refractivity contribution in [3.63, 3.8) is 0 Å². The maximum atomic E-state index is 11.8. The SMILES string of the molecule is CC(C)C(C(=O)NCc1cnc[nH]1)C(N)=S. The van der Waals surface area contributed by atoms with Crippen LogP contribution in [0.2, 0.25) is 0 Å². The van der Waals surface area contributed by atoms with Gasteiger partial charge in [0.1, 0.15) is 0 Å². The van der Waals surface area contributed by atoms with Crippen LogP contribution in [0.4, 0.5) is 0 Å². The molecule has 5 nitrogen and oxygen atoms in total. The third kappa shape index (κ3) is 3.30. The number of imidazole rings is 1. The molecule has 1 rings (SSSR count). The fraction of sp³-hybridized carbons (Fsp3) is 0.500. The molecule has 0 radical (unpaired) electrons. The molecule has 1 aromatic heterocycles. The molecule has 1 aromatic rings. The van der Waals surface area contributed by atoms with E-state index < -0.39 is 5.92 Å². The van der Waals surface area contributed by atoms with Crippen molar-refractivity contribution in [2.75, 3.05) is 0 Å². The van der Waals surface area contributed by atoms with Gasteiger partial charge in [-0.3, -0.25) is 4.79 Å². The first kappa shape index (κ1) is 12.6. The van der Waals surface area contributed by atoms with Crippen LogP contribution in [0.3, 0.4) is 0 Å². The van der Waals surface area contributed by atoms with Crippen LogP contribution >= 0.6 is 12.2 Å². The fourth-order valence-electron chi connectivity index (χ4n) is 1.43. The van der Waals surface area contributed by atoms with E-state index in [2.05, 4.69) is 15.3 Å². The van der Waals surface area contributed by atoms with Gasteiger partial charge in [0.15, 0.2) is 0 Å². The number of hydrogen-bond donors (Lipinski definition) is 3. The highest BCUT2D eigenvalue weighted by atomic mass is 32.1. The van der Waals surface area contributed by atoms with Gasteiger partial charge in [-0.1, -0.05) is 26.1 Å². The number of nitrogens with one attached hydrogen (secondary N) is 2. The smallest absolute Gasteiger partial charge is 0.230 e. The quantitative estimate of drug-likeness (QED) is 0.657. The lowest BCUT2D eigenvalue weighted by Crippen LogP contribution is -2.40. The van der Waals surface area contributed by atoms with E-state index in [9.17, 15) is 4.79 Å². The van der Waals surface area contributed by atoms with E-state index >= 15 is 0 Å². The zero-order valence-corrected chi connectivity index (χ0v) is 10.2. The van der Waals surface area contributed by atoms with Crippen LogP contribution in [0.25, 0.3) is 0 Å². The van der Waals surface area contributed by atoms with Crippen molar-refractivity contribution in [1.29, 1.82) is 0 Å². The van der Waals surface area contributed by atoms with Crippen LogP contribution in [-0.2, 0) is 11.3 Å². The number of rotatable bonds is 5. The number of carbonyl (C=O) groups is 1. The van der Waals surface area contributed by atoms with Gasteiger partial charge in [-0.05, 0) is 5.92 Å². The Hall–Kier alpha value is -1.43. The highest BCUT2D eigenvalue weighted by Crippen LogP contribution is 2.11. The van der Waals surface area contributed by atoms with Gasteiger partial charge in [-0.2, -0.15) is 0 Å². The second-order valence-corrected chi connectivity index (χ2v) is 4.39. The van der Waals surface area contributed by atoms with Crippen LogP contribution in [0.15, 0.2) is 12.5 Å². The Labute approximate surface area is 99.8 Å². The van der Waals surface area contributed by atoms with Crippen molar-refractivity contribution < 1.29 is 4.79 Å². The maximum absolute atomic E-state index is 11.8. The molecule has 0 saturated heterocycles.